The molecule has 0 aliphatic carbocycles. The van der Waals surface area contributed by atoms with E-state index in [0.29, 0.717) is 10.6 Å². The highest BCUT2D eigenvalue weighted by Crippen LogP contribution is 2.28. The largest absolute Gasteiger partial charge is 0.465 e. The average Bonchev–Trinajstić information content (AvgIpc) is 2.41. The van der Waals surface area contributed by atoms with E-state index < -0.39 is 22.7 Å². The summed E-state index contributed by atoms with van der Waals surface area (Å²) >= 11 is 9.06. The van der Waals surface area contributed by atoms with Crippen molar-refractivity contribution in [3.05, 3.63) is 34.9 Å². The lowest BCUT2D eigenvalue weighted by atomic mass is 9.96. The molecule has 4 nitrogen and oxygen atoms in total. The number of ether oxygens (including phenoxy) is 2. The monoisotopic (exact) mass is 362 g/mol. The first-order chi connectivity index (χ1) is 9.51. The van der Waals surface area contributed by atoms with Crippen LogP contribution in [0.4, 0.5) is 0 Å². The Kier molecular flexibility index (Phi) is 7.02. The first-order valence-corrected chi connectivity index (χ1v) is 7.53. The number of hydrogen-bond acceptors (Lipinski definition) is 4. The van der Waals surface area contributed by atoms with E-state index in [9.17, 15) is 9.59 Å². The van der Waals surface area contributed by atoms with E-state index in [0.717, 1.165) is 0 Å². The second-order valence-corrected chi connectivity index (χ2v) is 5.36. The fourth-order valence-electron chi connectivity index (χ4n) is 1.68. The summed E-state index contributed by atoms with van der Waals surface area (Å²) in [4.78, 5) is 23.1. The van der Waals surface area contributed by atoms with E-state index in [-0.39, 0.29) is 13.2 Å². The zero-order valence-corrected chi connectivity index (χ0v) is 13.6. The summed E-state index contributed by atoms with van der Waals surface area (Å²) in [5.74, 6) is -1.75. The Morgan fingerprint density at radius 2 is 1.60 bits per heavy atom. The summed E-state index contributed by atoms with van der Waals surface area (Å²) in [6, 6.07) is 6.71. The van der Waals surface area contributed by atoms with Gasteiger partial charge in [0.05, 0.1) is 13.2 Å². The number of carbonyl (C=O) groups excluding carboxylic acids is 2. The standard InChI is InChI=1S/C14H16BrClO4/c1-3-19-13(17)11(12(15)14(18)20-4-2)9-5-7-10(16)8-6-9/h5-8,11-12H,3-4H2,1-2H3/t11-,12+/m0/s1. The smallest absolute Gasteiger partial charge is 0.320 e. The molecule has 0 aromatic heterocycles. The molecule has 0 radical (unpaired) electrons. The van der Waals surface area contributed by atoms with E-state index >= 15 is 0 Å². The lowest BCUT2D eigenvalue weighted by Crippen LogP contribution is -2.31. The molecule has 0 unspecified atom stereocenters. The maximum atomic E-state index is 12.1. The number of carbonyl (C=O) groups is 2. The van der Waals surface area contributed by atoms with Crippen molar-refractivity contribution < 1.29 is 19.1 Å². The molecule has 110 valence electrons. The first kappa shape index (κ1) is 17.0. The molecule has 0 heterocycles. The van der Waals surface area contributed by atoms with Crippen LogP contribution >= 0.6 is 27.5 Å². The topological polar surface area (TPSA) is 52.6 Å². The predicted molar refractivity (Wildman–Crippen MR) is 80.2 cm³/mol. The van der Waals surface area contributed by atoms with E-state index in [4.69, 9.17) is 21.1 Å². The minimum Gasteiger partial charge on any atom is -0.465 e. The van der Waals surface area contributed by atoms with Crippen molar-refractivity contribution in [3.63, 3.8) is 0 Å². The minimum atomic E-state index is -0.803. The predicted octanol–water partition coefficient (Wildman–Crippen LogP) is 3.31. The second kappa shape index (κ2) is 8.27. The van der Waals surface area contributed by atoms with Crippen LogP contribution in [0.5, 0.6) is 0 Å². The molecule has 0 saturated carbocycles. The van der Waals surface area contributed by atoms with Crippen LogP contribution < -0.4 is 0 Å². The maximum Gasteiger partial charge on any atom is 0.320 e. The Bertz CT molecular complexity index is 461. The summed E-state index contributed by atoms with van der Waals surface area (Å²) in [6.45, 7) is 3.91. The minimum absolute atomic E-state index is 0.242. The van der Waals surface area contributed by atoms with Gasteiger partial charge in [0.1, 0.15) is 10.7 Å². The molecule has 1 rings (SSSR count). The van der Waals surface area contributed by atoms with Gasteiger partial charge >= 0.3 is 11.9 Å². The van der Waals surface area contributed by atoms with Gasteiger partial charge in [-0.25, -0.2) is 0 Å². The van der Waals surface area contributed by atoms with Gasteiger partial charge in [0.25, 0.3) is 0 Å². The Labute approximate surface area is 131 Å². The van der Waals surface area contributed by atoms with Crippen LogP contribution in [0.2, 0.25) is 5.02 Å². The number of benzene rings is 1. The van der Waals surface area contributed by atoms with Gasteiger partial charge in [0.15, 0.2) is 0 Å². The van der Waals surface area contributed by atoms with Crippen molar-refractivity contribution in [2.75, 3.05) is 13.2 Å². The molecule has 0 saturated heterocycles. The number of alkyl halides is 1. The molecule has 2 atom stereocenters. The Morgan fingerprint density at radius 3 is 2.10 bits per heavy atom. The van der Waals surface area contributed by atoms with Crippen molar-refractivity contribution in [3.8, 4) is 0 Å². The third kappa shape index (κ3) is 4.49. The summed E-state index contributed by atoms with van der Waals surface area (Å²) < 4.78 is 9.97. The van der Waals surface area contributed by atoms with Crippen LogP contribution in [-0.4, -0.2) is 30.0 Å². The molecule has 20 heavy (non-hydrogen) atoms. The van der Waals surface area contributed by atoms with Crippen LogP contribution in [0.3, 0.4) is 0 Å². The van der Waals surface area contributed by atoms with Gasteiger partial charge in [0, 0.05) is 5.02 Å². The molecule has 1 aromatic rings. The quantitative estimate of drug-likeness (QED) is 0.575. The molecule has 6 heteroatoms. The number of esters is 2. The van der Waals surface area contributed by atoms with Crippen molar-refractivity contribution in [2.45, 2.75) is 24.6 Å². The third-order valence-corrected chi connectivity index (χ3v) is 3.73. The van der Waals surface area contributed by atoms with E-state index in [1.807, 2.05) is 0 Å². The third-order valence-electron chi connectivity index (χ3n) is 2.57. The van der Waals surface area contributed by atoms with Gasteiger partial charge in [-0.1, -0.05) is 39.7 Å². The molecular formula is C14H16BrClO4. The maximum absolute atomic E-state index is 12.1. The summed E-state index contributed by atoms with van der Waals surface area (Å²) in [7, 11) is 0. The lowest BCUT2D eigenvalue weighted by molar-refractivity contribution is -0.150. The van der Waals surface area contributed by atoms with Gasteiger partial charge in [-0.2, -0.15) is 0 Å². The van der Waals surface area contributed by atoms with Crippen LogP contribution in [-0.2, 0) is 19.1 Å². The summed E-state index contributed by atoms with van der Waals surface area (Å²) in [6.07, 6.45) is 0. The Balaban J connectivity index is 3.04. The SMILES string of the molecule is CCOC(=O)[C@H](Br)[C@@H](C(=O)OCC)c1ccc(Cl)cc1. The zero-order valence-electron chi connectivity index (χ0n) is 11.3. The Hall–Kier alpha value is -1.07. The molecular weight excluding hydrogens is 348 g/mol. The second-order valence-electron chi connectivity index (χ2n) is 3.94. The van der Waals surface area contributed by atoms with Gasteiger partial charge in [-0.3, -0.25) is 9.59 Å². The van der Waals surface area contributed by atoms with Crippen molar-refractivity contribution in [2.24, 2.45) is 0 Å². The molecule has 0 spiro atoms. The summed E-state index contributed by atoms with van der Waals surface area (Å²) in [5.41, 5.74) is 0.641. The normalized spacial score (nSPS) is 13.4. The molecule has 0 amide bonds. The molecule has 0 aliphatic heterocycles. The van der Waals surface area contributed by atoms with E-state index in [1.54, 1.807) is 38.1 Å². The first-order valence-electron chi connectivity index (χ1n) is 6.24. The highest BCUT2D eigenvalue weighted by molar-refractivity contribution is 9.10. The molecule has 1 aromatic carbocycles. The van der Waals surface area contributed by atoms with Gasteiger partial charge in [-0.05, 0) is 31.5 Å². The average molecular weight is 364 g/mol. The van der Waals surface area contributed by atoms with E-state index in [2.05, 4.69) is 15.9 Å². The highest BCUT2D eigenvalue weighted by atomic mass is 79.9. The van der Waals surface area contributed by atoms with Crippen LogP contribution in [0, 0.1) is 0 Å². The highest BCUT2D eigenvalue weighted by Gasteiger charge is 2.35. The lowest BCUT2D eigenvalue weighted by Gasteiger charge is -2.20. The van der Waals surface area contributed by atoms with Crippen molar-refractivity contribution in [1.29, 1.82) is 0 Å². The molecule has 0 fully saturated rings. The number of halogens is 2. The number of hydrogen-bond donors (Lipinski definition) is 0. The molecule has 0 aliphatic rings. The fraction of sp³-hybridized carbons (Fsp3) is 0.429. The van der Waals surface area contributed by atoms with E-state index in [1.165, 1.54) is 0 Å². The Morgan fingerprint density at radius 1 is 1.10 bits per heavy atom. The van der Waals surface area contributed by atoms with Crippen LogP contribution in [0.1, 0.15) is 25.3 Å². The van der Waals surface area contributed by atoms with Crippen molar-refractivity contribution >= 4 is 39.5 Å². The van der Waals surface area contributed by atoms with Crippen LogP contribution in [0.25, 0.3) is 0 Å². The summed E-state index contributed by atoms with van der Waals surface area (Å²) in [5, 5.41) is 0.554. The van der Waals surface area contributed by atoms with Crippen LogP contribution in [0.15, 0.2) is 24.3 Å². The van der Waals surface area contributed by atoms with Gasteiger partial charge in [-0.15, -0.1) is 0 Å². The number of rotatable bonds is 6. The van der Waals surface area contributed by atoms with Gasteiger partial charge < -0.3 is 9.47 Å². The van der Waals surface area contributed by atoms with Gasteiger partial charge in [0.2, 0.25) is 0 Å². The molecule has 0 N–H and O–H groups in total. The fourth-order valence-corrected chi connectivity index (χ4v) is 2.46. The van der Waals surface area contributed by atoms with Crippen molar-refractivity contribution in [1.82, 2.24) is 0 Å². The molecule has 0 bridgehead atoms. The zero-order chi connectivity index (χ0) is 15.1.